The van der Waals surface area contributed by atoms with Crippen LogP contribution in [0.1, 0.15) is 44.9 Å². The molecule has 0 saturated carbocycles. The van der Waals surface area contributed by atoms with Crippen molar-refractivity contribution < 1.29 is 40.1 Å². The standard InChI is InChI=1S/C6H14N2O3.C5H9NO3.C5H9NO2/c7-4-2-1-3-5(8-11)6(9)10;7-5(8)4-2-1-3-6(4)9;7-5(8)4-2-1-3-6-4/h5,8,11H,1-4,7H2,(H,9,10);4,9H,1-3H2,(H,7,8);4,6H,1-3H2,(H,7,8). The highest BCUT2D eigenvalue weighted by Crippen LogP contribution is 2.13. The summed E-state index contributed by atoms with van der Waals surface area (Å²) < 4.78 is 0. The molecule has 2 aliphatic heterocycles. The average molecular weight is 408 g/mol. The molecule has 2 aliphatic rings. The van der Waals surface area contributed by atoms with Crippen LogP contribution in [0.5, 0.6) is 0 Å². The molecule has 0 amide bonds. The third kappa shape index (κ3) is 11.1. The second kappa shape index (κ2) is 15.1. The Labute approximate surface area is 163 Å². The van der Waals surface area contributed by atoms with E-state index in [9.17, 15) is 14.4 Å². The zero-order valence-corrected chi connectivity index (χ0v) is 15.8. The van der Waals surface area contributed by atoms with Crippen LogP contribution >= 0.6 is 0 Å². The number of carboxylic acids is 3. The van der Waals surface area contributed by atoms with E-state index in [1.807, 2.05) is 0 Å². The van der Waals surface area contributed by atoms with E-state index < -0.39 is 30.0 Å². The third-order valence-electron chi connectivity index (χ3n) is 4.27. The van der Waals surface area contributed by atoms with E-state index in [1.54, 1.807) is 5.48 Å². The molecule has 0 radical (unpaired) electrons. The maximum atomic E-state index is 10.3. The molecule has 3 atom stereocenters. The molecule has 28 heavy (non-hydrogen) atoms. The Balaban J connectivity index is 0.000000395. The number of hydroxylamine groups is 3. The Bertz CT molecular complexity index is 474. The van der Waals surface area contributed by atoms with E-state index in [4.69, 9.17) is 31.5 Å². The monoisotopic (exact) mass is 408 g/mol. The van der Waals surface area contributed by atoms with Crippen LogP contribution in [0, 0.1) is 0 Å². The van der Waals surface area contributed by atoms with E-state index >= 15 is 0 Å². The first-order chi connectivity index (χ1) is 13.2. The lowest BCUT2D eigenvalue weighted by Crippen LogP contribution is -2.34. The van der Waals surface area contributed by atoms with Gasteiger partial charge in [0, 0.05) is 6.54 Å². The van der Waals surface area contributed by atoms with E-state index in [-0.39, 0.29) is 6.04 Å². The maximum absolute atomic E-state index is 10.3. The molecule has 0 aliphatic carbocycles. The first-order valence-corrected chi connectivity index (χ1v) is 9.21. The van der Waals surface area contributed by atoms with Crippen molar-refractivity contribution in [3.05, 3.63) is 0 Å². The Hall–Kier alpha value is -1.83. The van der Waals surface area contributed by atoms with Gasteiger partial charge in [-0.1, -0.05) is 0 Å². The Morgan fingerprint density at radius 1 is 1.11 bits per heavy atom. The predicted molar refractivity (Wildman–Crippen MR) is 97.1 cm³/mol. The van der Waals surface area contributed by atoms with Crippen LogP contribution in [-0.2, 0) is 14.4 Å². The van der Waals surface area contributed by atoms with Crippen LogP contribution in [0.4, 0.5) is 0 Å². The van der Waals surface area contributed by atoms with E-state index in [0.717, 1.165) is 37.3 Å². The summed E-state index contributed by atoms with van der Waals surface area (Å²) in [5, 5.41) is 46.0. The first kappa shape index (κ1) is 26.2. The number of unbranched alkanes of at least 4 members (excludes halogenated alkanes) is 1. The van der Waals surface area contributed by atoms with Gasteiger partial charge in [-0.15, -0.1) is 0 Å². The zero-order valence-electron chi connectivity index (χ0n) is 15.8. The summed E-state index contributed by atoms with van der Waals surface area (Å²) in [5.41, 5.74) is 6.92. The minimum absolute atomic E-state index is 0.269. The number of nitrogens with zero attached hydrogens (tertiary/aromatic N) is 1. The molecule has 2 fully saturated rings. The number of nitrogens with one attached hydrogen (secondary N) is 2. The van der Waals surface area contributed by atoms with Gasteiger partial charge in [-0.2, -0.15) is 10.5 Å². The third-order valence-corrected chi connectivity index (χ3v) is 4.27. The van der Waals surface area contributed by atoms with Gasteiger partial charge in [-0.3, -0.25) is 14.4 Å². The van der Waals surface area contributed by atoms with Crippen molar-refractivity contribution in [2.45, 2.75) is 63.1 Å². The van der Waals surface area contributed by atoms with Gasteiger partial charge < -0.3 is 36.8 Å². The molecule has 9 N–H and O–H groups in total. The summed E-state index contributed by atoms with van der Waals surface area (Å²) in [7, 11) is 0. The summed E-state index contributed by atoms with van der Waals surface area (Å²) in [4.78, 5) is 30.6. The first-order valence-electron chi connectivity index (χ1n) is 9.21. The minimum atomic E-state index is -1.04. The lowest BCUT2D eigenvalue weighted by atomic mass is 10.1. The number of carboxylic acid groups (broad SMARTS) is 3. The zero-order chi connectivity index (χ0) is 21.5. The van der Waals surface area contributed by atoms with Crippen LogP contribution in [-0.4, -0.2) is 86.5 Å². The second-order valence-electron chi connectivity index (χ2n) is 6.45. The molecule has 12 heteroatoms. The summed E-state index contributed by atoms with van der Waals surface area (Å²) in [6.07, 6.45) is 5.02. The lowest BCUT2D eigenvalue weighted by Gasteiger charge is -2.11. The summed E-state index contributed by atoms with van der Waals surface area (Å²) in [5.74, 6) is -2.69. The molecule has 2 saturated heterocycles. The predicted octanol–water partition coefficient (Wildman–Crippen LogP) is -0.705. The Kier molecular flexibility index (Phi) is 14.1. The van der Waals surface area contributed by atoms with Crippen molar-refractivity contribution in [2.24, 2.45) is 5.73 Å². The number of hydrogen-bond donors (Lipinski definition) is 8. The summed E-state index contributed by atoms with van der Waals surface area (Å²) in [6, 6.07) is -1.79. The summed E-state index contributed by atoms with van der Waals surface area (Å²) >= 11 is 0. The van der Waals surface area contributed by atoms with Crippen LogP contribution in [0.2, 0.25) is 0 Å². The molecular weight excluding hydrogens is 376 g/mol. The highest BCUT2D eigenvalue weighted by atomic mass is 16.5. The fourth-order valence-electron chi connectivity index (χ4n) is 2.63. The molecule has 2 rings (SSSR count). The number of nitrogens with two attached hydrogens (primary N) is 1. The Morgan fingerprint density at radius 3 is 2.07 bits per heavy atom. The molecule has 12 nitrogen and oxygen atoms in total. The molecule has 164 valence electrons. The smallest absolute Gasteiger partial charge is 0.323 e. The molecule has 0 bridgehead atoms. The van der Waals surface area contributed by atoms with E-state index in [1.165, 1.54) is 0 Å². The molecule has 0 aromatic carbocycles. The van der Waals surface area contributed by atoms with Gasteiger partial charge in [0.1, 0.15) is 18.1 Å². The van der Waals surface area contributed by atoms with Gasteiger partial charge in [-0.05, 0) is 58.0 Å². The highest BCUT2D eigenvalue weighted by Gasteiger charge is 2.28. The minimum Gasteiger partial charge on any atom is -0.480 e. The van der Waals surface area contributed by atoms with Crippen molar-refractivity contribution in [1.82, 2.24) is 15.9 Å². The SMILES string of the molecule is NCCCCC(NO)C(=O)O.O=C(O)C1CCCN1.O=C(O)C1CCCN1O. The van der Waals surface area contributed by atoms with Crippen LogP contribution in [0.25, 0.3) is 0 Å². The van der Waals surface area contributed by atoms with Crippen molar-refractivity contribution in [2.75, 3.05) is 19.6 Å². The number of rotatable bonds is 8. The normalized spacial score (nSPS) is 22.4. The van der Waals surface area contributed by atoms with Crippen molar-refractivity contribution in [1.29, 1.82) is 0 Å². The summed E-state index contributed by atoms with van der Waals surface area (Å²) in [6.45, 7) is 1.89. The van der Waals surface area contributed by atoms with Gasteiger partial charge in [0.25, 0.3) is 0 Å². The topological polar surface area (TPSA) is 206 Å². The second-order valence-corrected chi connectivity index (χ2v) is 6.45. The Morgan fingerprint density at radius 2 is 1.79 bits per heavy atom. The molecule has 0 aromatic rings. The van der Waals surface area contributed by atoms with Crippen molar-refractivity contribution in [3.8, 4) is 0 Å². The van der Waals surface area contributed by atoms with E-state index in [0.29, 0.717) is 32.4 Å². The van der Waals surface area contributed by atoms with Crippen LogP contribution in [0.15, 0.2) is 0 Å². The molecule has 2 heterocycles. The lowest BCUT2D eigenvalue weighted by molar-refractivity contribution is -0.161. The van der Waals surface area contributed by atoms with E-state index in [2.05, 4.69) is 5.32 Å². The maximum Gasteiger partial charge on any atom is 0.323 e. The fourth-order valence-corrected chi connectivity index (χ4v) is 2.63. The molecule has 0 spiro atoms. The van der Waals surface area contributed by atoms with Crippen LogP contribution in [0.3, 0.4) is 0 Å². The fraction of sp³-hybridized carbons (Fsp3) is 0.812. The van der Waals surface area contributed by atoms with Gasteiger partial charge in [0.05, 0.1) is 0 Å². The average Bonchev–Trinajstić information content (AvgIpc) is 3.31. The van der Waals surface area contributed by atoms with Crippen molar-refractivity contribution >= 4 is 17.9 Å². The van der Waals surface area contributed by atoms with Gasteiger partial charge >= 0.3 is 17.9 Å². The molecule has 0 aromatic heterocycles. The van der Waals surface area contributed by atoms with Gasteiger partial charge in [0.15, 0.2) is 0 Å². The van der Waals surface area contributed by atoms with Crippen LogP contribution < -0.4 is 16.5 Å². The number of carbonyl (C=O) groups is 3. The molecule has 3 unspecified atom stereocenters. The number of hydrogen-bond acceptors (Lipinski definition) is 9. The largest absolute Gasteiger partial charge is 0.480 e. The van der Waals surface area contributed by atoms with Gasteiger partial charge in [0.2, 0.25) is 0 Å². The van der Waals surface area contributed by atoms with Gasteiger partial charge in [-0.25, -0.2) is 0 Å². The highest BCUT2D eigenvalue weighted by molar-refractivity contribution is 5.74. The number of aliphatic carboxylic acids is 3. The molecular formula is C16H32N4O8. The quantitative estimate of drug-likeness (QED) is 0.185. The van der Waals surface area contributed by atoms with Crippen molar-refractivity contribution in [3.63, 3.8) is 0 Å².